The van der Waals surface area contributed by atoms with E-state index in [1.165, 1.54) is 96.7 Å². The molecule has 0 aliphatic heterocycles. The summed E-state index contributed by atoms with van der Waals surface area (Å²) in [6, 6.07) is 45.2. The number of benzene rings is 6. The Morgan fingerprint density at radius 1 is 0.390 bits per heavy atom. The number of thiophene rings is 1. The second-order valence-electron chi connectivity index (χ2n) is 11.3. The predicted molar refractivity (Wildman–Crippen MR) is 177 cm³/mol. The van der Waals surface area contributed by atoms with Crippen LogP contribution in [0.4, 0.5) is 0 Å². The van der Waals surface area contributed by atoms with E-state index in [9.17, 15) is 0 Å². The lowest BCUT2D eigenvalue weighted by Gasteiger charge is -2.05. The molecule has 2 nitrogen and oxygen atoms in total. The van der Waals surface area contributed by atoms with E-state index >= 15 is 0 Å². The maximum atomic E-state index is 2.51. The monoisotopic (exact) mass is 536 g/mol. The van der Waals surface area contributed by atoms with Gasteiger partial charge < -0.3 is 4.40 Å². The van der Waals surface area contributed by atoms with Gasteiger partial charge in [0.15, 0.2) is 0 Å². The topological polar surface area (TPSA) is 8.82 Å². The average molecular weight is 537 g/mol. The molecule has 0 radical (unpaired) electrons. The highest BCUT2D eigenvalue weighted by Crippen LogP contribution is 2.47. The first kappa shape index (κ1) is 20.7. The minimum absolute atomic E-state index is 1.26. The summed E-state index contributed by atoms with van der Waals surface area (Å²) in [6.45, 7) is 0. The van der Waals surface area contributed by atoms with Gasteiger partial charge in [0.25, 0.3) is 0 Å². The standard InChI is InChI=1S/C38H20N2S/c1-4-13-31-23(8-1)29-19-22(20-30-24-9-2-5-14-32(24)39(31)37(29)30)21-16-17-33-28(18-21)25-11-7-12-27-35-26-10-3-6-15-34(26)41-38(35)40(33)36(25)27/h1-20H. The second kappa shape index (κ2) is 6.95. The highest BCUT2D eigenvalue weighted by Gasteiger charge is 2.22. The van der Waals surface area contributed by atoms with Gasteiger partial charge in [-0.1, -0.05) is 78.9 Å². The van der Waals surface area contributed by atoms with Crippen molar-refractivity contribution in [2.75, 3.05) is 0 Å². The summed E-state index contributed by atoms with van der Waals surface area (Å²) in [4.78, 5) is 1.35. The van der Waals surface area contributed by atoms with Crippen molar-refractivity contribution in [3.63, 3.8) is 0 Å². The van der Waals surface area contributed by atoms with Gasteiger partial charge in [0.05, 0.1) is 27.6 Å². The third-order valence-electron chi connectivity index (χ3n) is 9.37. The van der Waals surface area contributed by atoms with Crippen molar-refractivity contribution in [2.24, 2.45) is 0 Å². The molecule has 0 atom stereocenters. The van der Waals surface area contributed by atoms with Crippen LogP contribution in [0.1, 0.15) is 0 Å². The number of rotatable bonds is 1. The fourth-order valence-corrected chi connectivity index (χ4v) is 8.97. The molecule has 3 heteroatoms. The smallest absolute Gasteiger partial charge is 0.109 e. The molecule has 0 bridgehead atoms. The van der Waals surface area contributed by atoms with Gasteiger partial charge in [-0.2, -0.15) is 0 Å². The van der Waals surface area contributed by atoms with Crippen LogP contribution in [0.15, 0.2) is 121 Å². The zero-order chi connectivity index (χ0) is 26.4. The minimum Gasteiger partial charge on any atom is -0.308 e. The van der Waals surface area contributed by atoms with Crippen molar-refractivity contribution in [3.8, 4) is 11.1 Å². The lowest BCUT2D eigenvalue weighted by Crippen LogP contribution is -1.82. The summed E-state index contributed by atoms with van der Waals surface area (Å²) in [5.74, 6) is 0. The molecule has 0 spiro atoms. The van der Waals surface area contributed by atoms with Crippen molar-refractivity contribution in [1.29, 1.82) is 0 Å². The van der Waals surface area contributed by atoms with Crippen molar-refractivity contribution < 1.29 is 0 Å². The Hall–Kier alpha value is -5.12. The fraction of sp³-hybridized carbons (Fsp3) is 0. The Morgan fingerprint density at radius 2 is 0.976 bits per heavy atom. The van der Waals surface area contributed by atoms with E-state index in [2.05, 4.69) is 130 Å². The minimum atomic E-state index is 1.26. The van der Waals surface area contributed by atoms with Crippen molar-refractivity contribution in [1.82, 2.24) is 8.80 Å². The van der Waals surface area contributed by atoms with E-state index in [0.717, 1.165) is 0 Å². The predicted octanol–water partition coefficient (Wildman–Crippen LogP) is 10.9. The summed E-state index contributed by atoms with van der Waals surface area (Å²) in [6.07, 6.45) is 0. The normalized spacial score (nSPS) is 12.9. The SMILES string of the molecule is c1ccc2c(c1)sc1c2c2cccc3c4cc(-c5cc6c7ccccc7n7c8ccccc8c(c5)c67)ccc4n1c32. The van der Waals surface area contributed by atoms with Crippen LogP contribution in [-0.4, -0.2) is 8.80 Å². The molecular weight excluding hydrogens is 516 g/mol. The van der Waals surface area contributed by atoms with Crippen LogP contribution in [-0.2, 0) is 0 Å². The second-order valence-corrected chi connectivity index (χ2v) is 12.4. The van der Waals surface area contributed by atoms with Crippen LogP contribution in [0.3, 0.4) is 0 Å². The van der Waals surface area contributed by atoms with Crippen LogP contribution in [0, 0.1) is 0 Å². The van der Waals surface area contributed by atoms with Gasteiger partial charge in [-0.3, -0.25) is 4.40 Å². The Balaban J connectivity index is 1.26. The van der Waals surface area contributed by atoms with E-state index in [0.29, 0.717) is 0 Å². The van der Waals surface area contributed by atoms with Gasteiger partial charge in [0.1, 0.15) is 4.83 Å². The molecule has 0 saturated carbocycles. The van der Waals surface area contributed by atoms with Crippen molar-refractivity contribution in [2.45, 2.75) is 0 Å². The Kier molecular flexibility index (Phi) is 3.52. The van der Waals surface area contributed by atoms with Gasteiger partial charge in [-0.15, -0.1) is 11.3 Å². The van der Waals surface area contributed by atoms with Gasteiger partial charge >= 0.3 is 0 Å². The summed E-state index contributed by atoms with van der Waals surface area (Å²) < 4.78 is 6.31. The third kappa shape index (κ3) is 2.34. The number of hydrogen-bond donors (Lipinski definition) is 0. The molecule has 0 unspecified atom stereocenters. The highest BCUT2D eigenvalue weighted by molar-refractivity contribution is 7.25. The molecule has 11 rings (SSSR count). The van der Waals surface area contributed by atoms with Crippen LogP contribution >= 0.6 is 11.3 Å². The maximum Gasteiger partial charge on any atom is 0.109 e. The quantitative estimate of drug-likeness (QED) is 0.197. The van der Waals surface area contributed by atoms with Crippen LogP contribution in [0.25, 0.3) is 96.7 Å². The zero-order valence-corrected chi connectivity index (χ0v) is 22.7. The first-order chi connectivity index (χ1) is 20.3. The van der Waals surface area contributed by atoms with E-state index in [1.54, 1.807) is 0 Å². The average Bonchev–Trinajstić information content (AvgIpc) is 3.80. The molecular formula is C38H20N2S. The number of hydrogen-bond acceptors (Lipinski definition) is 1. The van der Waals surface area contributed by atoms with Gasteiger partial charge in [0, 0.05) is 53.2 Å². The largest absolute Gasteiger partial charge is 0.308 e. The van der Waals surface area contributed by atoms with E-state index in [1.807, 2.05) is 11.3 Å². The van der Waals surface area contributed by atoms with E-state index in [-0.39, 0.29) is 0 Å². The third-order valence-corrected chi connectivity index (χ3v) is 10.5. The number of fused-ring (bicyclic) bond motifs is 14. The molecule has 0 saturated heterocycles. The van der Waals surface area contributed by atoms with Gasteiger partial charge in [-0.05, 0) is 53.6 Å². The number of aromatic nitrogens is 2. The van der Waals surface area contributed by atoms with Gasteiger partial charge in [-0.25, -0.2) is 0 Å². The van der Waals surface area contributed by atoms with Crippen molar-refractivity contribution in [3.05, 3.63) is 121 Å². The van der Waals surface area contributed by atoms with Crippen LogP contribution in [0.2, 0.25) is 0 Å². The molecule has 188 valence electrons. The molecule has 0 N–H and O–H groups in total. The molecule has 0 amide bonds. The van der Waals surface area contributed by atoms with Crippen LogP contribution in [0.5, 0.6) is 0 Å². The lowest BCUT2D eigenvalue weighted by atomic mass is 9.98. The molecule has 0 fully saturated rings. The first-order valence-electron chi connectivity index (χ1n) is 14.1. The Labute approximate surface area is 237 Å². The summed E-state index contributed by atoms with van der Waals surface area (Å²) in [7, 11) is 0. The number of nitrogens with zero attached hydrogens (tertiary/aromatic N) is 2. The molecule has 0 aliphatic rings. The summed E-state index contributed by atoms with van der Waals surface area (Å²) in [5, 5.41) is 12.0. The fourth-order valence-electron chi connectivity index (χ4n) is 7.73. The Morgan fingerprint density at radius 3 is 1.76 bits per heavy atom. The molecule has 11 aromatic rings. The summed E-state index contributed by atoms with van der Waals surface area (Å²) >= 11 is 1.90. The first-order valence-corrected chi connectivity index (χ1v) is 14.9. The molecule has 0 aliphatic carbocycles. The zero-order valence-electron chi connectivity index (χ0n) is 21.8. The summed E-state index contributed by atoms with van der Waals surface area (Å²) in [5.41, 5.74) is 9.04. The maximum absolute atomic E-state index is 2.51. The molecule has 6 aromatic carbocycles. The lowest BCUT2D eigenvalue weighted by molar-refractivity contribution is 1.37. The van der Waals surface area contributed by atoms with E-state index < -0.39 is 0 Å². The molecule has 5 heterocycles. The van der Waals surface area contributed by atoms with Crippen molar-refractivity contribution >= 4 is 96.9 Å². The molecule has 5 aromatic heterocycles. The molecule has 41 heavy (non-hydrogen) atoms. The Bertz CT molecular complexity index is 2780. The van der Waals surface area contributed by atoms with E-state index in [4.69, 9.17) is 0 Å². The highest BCUT2D eigenvalue weighted by atomic mass is 32.1. The van der Waals surface area contributed by atoms with Crippen LogP contribution < -0.4 is 0 Å². The number of para-hydroxylation sites is 3. The van der Waals surface area contributed by atoms with Gasteiger partial charge in [0.2, 0.25) is 0 Å².